The van der Waals surface area contributed by atoms with Gasteiger partial charge in [-0.05, 0) is 12.1 Å². The minimum absolute atomic E-state index is 1.06. The second-order valence-corrected chi connectivity index (χ2v) is 2.29. The van der Waals surface area contributed by atoms with Crippen molar-refractivity contribution in [2.24, 2.45) is 0 Å². The minimum Gasteiger partial charge on any atom is -0.373 e. The van der Waals surface area contributed by atoms with Crippen LogP contribution in [0, 0.1) is 0 Å². The number of pyridine rings is 1. The Morgan fingerprint density at radius 3 is 2.31 bits per heavy atom. The summed E-state index contributed by atoms with van der Waals surface area (Å²) in [6.45, 7) is 0. The maximum atomic E-state index is 6.75. The van der Waals surface area contributed by atoms with Crippen molar-refractivity contribution >= 4 is 10.9 Å². The smallest absolute Gasteiger partial charge is 0.0701 e. The fraction of sp³-hybridized carbons (Fsp3) is 0. The summed E-state index contributed by atoms with van der Waals surface area (Å²) in [5.74, 6) is 0. The summed E-state index contributed by atoms with van der Waals surface area (Å²) in [6.07, 6.45) is 1.81. The van der Waals surface area contributed by atoms with E-state index in [-0.39, 0.29) is 0 Å². The second-order valence-electron chi connectivity index (χ2n) is 2.29. The van der Waals surface area contributed by atoms with Crippen LogP contribution in [0.25, 0.3) is 26.9 Å². The summed E-state index contributed by atoms with van der Waals surface area (Å²) in [5.41, 5.74) is 14.6. The van der Waals surface area contributed by atoms with Crippen LogP contribution in [0.5, 0.6) is 0 Å². The molecule has 0 unspecified atom stereocenters. The summed E-state index contributed by atoms with van der Waals surface area (Å²) in [7, 11) is 0. The number of nitrogens with zero attached hydrogens (tertiary/aromatic N) is 4. The van der Waals surface area contributed by atoms with E-state index < -0.39 is 0 Å². The van der Waals surface area contributed by atoms with Gasteiger partial charge >= 0.3 is 0 Å². The Morgan fingerprint density at radius 1 is 1.00 bits per heavy atom. The van der Waals surface area contributed by atoms with Gasteiger partial charge in [-0.1, -0.05) is 24.3 Å². The molecule has 0 aliphatic rings. The number of aromatic nitrogens is 1. The van der Waals surface area contributed by atoms with Gasteiger partial charge in [-0.25, -0.2) is 0 Å². The third kappa shape index (κ3) is 2.47. The van der Waals surface area contributed by atoms with Crippen LogP contribution in [0.1, 0.15) is 0 Å². The van der Waals surface area contributed by atoms with E-state index in [4.69, 9.17) is 11.1 Å². The van der Waals surface area contributed by atoms with Crippen molar-refractivity contribution in [3.8, 4) is 0 Å². The van der Waals surface area contributed by atoms with E-state index in [1.165, 1.54) is 10.3 Å². The Kier molecular flexibility index (Phi) is 3.30. The molecule has 0 saturated carbocycles. The predicted octanol–water partition coefficient (Wildman–Crippen LogP) is 3.10. The second kappa shape index (κ2) is 4.74. The van der Waals surface area contributed by atoms with E-state index in [9.17, 15) is 0 Å². The summed E-state index contributed by atoms with van der Waals surface area (Å²) in [4.78, 5) is 5.68. The SMILES string of the molecule is [N-]=[N+]=[N-].c1ccc2ncccc2c1. The van der Waals surface area contributed by atoms with Gasteiger partial charge in [-0.15, -0.1) is 0 Å². The molecule has 64 valence electrons. The monoisotopic (exact) mass is 171 g/mol. The van der Waals surface area contributed by atoms with Gasteiger partial charge in [-0.3, -0.25) is 9.90 Å². The van der Waals surface area contributed by atoms with Crippen molar-refractivity contribution in [1.82, 2.24) is 4.98 Å². The van der Waals surface area contributed by atoms with Gasteiger partial charge in [0.25, 0.3) is 0 Å². The molecule has 0 fully saturated rings. The molecule has 1 aromatic heterocycles. The van der Waals surface area contributed by atoms with Gasteiger partial charge in [0.1, 0.15) is 0 Å². The molecule has 0 radical (unpaired) electrons. The van der Waals surface area contributed by atoms with Gasteiger partial charge in [0.2, 0.25) is 0 Å². The van der Waals surface area contributed by atoms with Crippen LogP contribution in [-0.2, 0) is 0 Å². The highest BCUT2D eigenvalue weighted by Crippen LogP contribution is 2.07. The van der Waals surface area contributed by atoms with Crippen molar-refractivity contribution in [2.45, 2.75) is 0 Å². The summed E-state index contributed by atoms with van der Waals surface area (Å²) >= 11 is 0. The largest absolute Gasteiger partial charge is 0.373 e. The van der Waals surface area contributed by atoms with Crippen molar-refractivity contribution in [1.29, 1.82) is 0 Å². The summed E-state index contributed by atoms with van der Waals surface area (Å²) < 4.78 is 0. The summed E-state index contributed by atoms with van der Waals surface area (Å²) in [5, 5.41) is 1.20. The maximum Gasteiger partial charge on any atom is 0.0701 e. The highest BCUT2D eigenvalue weighted by molar-refractivity contribution is 5.77. The number of para-hydroxylation sites is 1. The molecule has 2 aromatic rings. The van der Waals surface area contributed by atoms with Gasteiger partial charge in [0.15, 0.2) is 0 Å². The highest BCUT2D eigenvalue weighted by Gasteiger charge is 1.86. The molecule has 0 N–H and O–H groups in total. The molecular formula is C9H7N4-. The van der Waals surface area contributed by atoms with Crippen LogP contribution >= 0.6 is 0 Å². The molecule has 2 rings (SSSR count). The first-order valence-electron chi connectivity index (χ1n) is 3.66. The Morgan fingerprint density at radius 2 is 1.62 bits per heavy atom. The molecule has 0 bridgehead atoms. The van der Waals surface area contributed by atoms with Crippen LogP contribution in [0.3, 0.4) is 0 Å². The van der Waals surface area contributed by atoms with E-state index in [1.54, 1.807) is 0 Å². The molecule has 0 spiro atoms. The predicted molar refractivity (Wildman–Crippen MR) is 51.8 cm³/mol. The van der Waals surface area contributed by atoms with E-state index >= 15 is 0 Å². The Bertz CT molecular complexity index is 353. The molecular weight excluding hydrogens is 164 g/mol. The van der Waals surface area contributed by atoms with Crippen LogP contribution in [-0.4, -0.2) is 4.98 Å². The fourth-order valence-electron chi connectivity index (χ4n) is 1.02. The average Bonchev–Trinajstić information content (AvgIpc) is 2.19. The van der Waals surface area contributed by atoms with Crippen LogP contribution in [0.2, 0.25) is 0 Å². The van der Waals surface area contributed by atoms with Gasteiger partial charge in [0, 0.05) is 11.6 Å². The van der Waals surface area contributed by atoms with Crippen LogP contribution < -0.4 is 0 Å². The van der Waals surface area contributed by atoms with Gasteiger partial charge in [0.05, 0.1) is 5.52 Å². The van der Waals surface area contributed by atoms with Crippen molar-refractivity contribution in [3.63, 3.8) is 0 Å². The first-order chi connectivity index (χ1) is 6.38. The minimum atomic E-state index is 1.06. The van der Waals surface area contributed by atoms with Crippen molar-refractivity contribution in [3.05, 3.63) is 58.6 Å². The Hall–Kier alpha value is -2.06. The number of hydrogen-bond acceptors (Lipinski definition) is 1. The number of hydrogen-bond donors (Lipinski definition) is 0. The molecule has 1 heterocycles. The van der Waals surface area contributed by atoms with E-state index in [0.717, 1.165) is 5.52 Å². The topological polar surface area (TPSA) is 71.6 Å². The zero-order valence-electron chi connectivity index (χ0n) is 6.83. The maximum absolute atomic E-state index is 6.75. The van der Waals surface area contributed by atoms with Gasteiger partial charge < -0.3 is 11.1 Å². The molecule has 0 atom stereocenters. The first kappa shape index (κ1) is 9.03. The molecule has 13 heavy (non-hydrogen) atoms. The van der Waals surface area contributed by atoms with Crippen molar-refractivity contribution in [2.75, 3.05) is 0 Å². The molecule has 1 aromatic carbocycles. The number of benzene rings is 1. The average molecular weight is 171 g/mol. The number of fused-ring (bicyclic) bond motifs is 1. The molecule has 4 nitrogen and oxygen atoms in total. The summed E-state index contributed by atoms with van der Waals surface area (Å²) in [6, 6.07) is 12.1. The Labute approximate surface area is 75.3 Å². The first-order valence-corrected chi connectivity index (χ1v) is 3.66. The third-order valence-corrected chi connectivity index (χ3v) is 1.51. The lowest BCUT2D eigenvalue weighted by Crippen LogP contribution is -1.73. The molecule has 0 aliphatic carbocycles. The third-order valence-electron chi connectivity index (χ3n) is 1.51. The molecule has 0 amide bonds. The highest BCUT2D eigenvalue weighted by atomic mass is 15.0. The fourth-order valence-corrected chi connectivity index (χ4v) is 1.02. The van der Waals surface area contributed by atoms with Crippen LogP contribution in [0.4, 0.5) is 0 Å². The van der Waals surface area contributed by atoms with Crippen molar-refractivity contribution < 1.29 is 0 Å². The van der Waals surface area contributed by atoms with E-state index in [1.807, 2.05) is 30.5 Å². The van der Waals surface area contributed by atoms with Gasteiger partial charge in [-0.2, -0.15) is 0 Å². The lowest BCUT2D eigenvalue weighted by Gasteiger charge is -1.91. The molecule has 4 heteroatoms. The van der Waals surface area contributed by atoms with E-state index in [2.05, 4.69) is 17.1 Å². The standard InChI is InChI=1S/C9H7N.N3/c1-2-6-9-8(4-1)5-3-7-10-9;1-3-2/h1-7H;/q;-1. The van der Waals surface area contributed by atoms with Crippen LogP contribution in [0.15, 0.2) is 42.6 Å². The quantitative estimate of drug-likeness (QED) is 0.341. The van der Waals surface area contributed by atoms with E-state index in [0.29, 0.717) is 0 Å². The number of rotatable bonds is 0. The zero-order chi connectivity index (χ0) is 9.52. The molecule has 0 saturated heterocycles. The lowest BCUT2D eigenvalue weighted by molar-refractivity contribution is 1.41. The zero-order valence-corrected chi connectivity index (χ0v) is 6.83. The molecule has 0 aliphatic heterocycles. The Balaban J connectivity index is 0.000000251. The normalized spacial score (nSPS) is 8.31. The lowest BCUT2D eigenvalue weighted by atomic mass is 10.2.